The maximum Gasteiger partial charge on any atom is 0.309 e. The Hall–Kier alpha value is -4.33. The average Bonchev–Trinajstić information content (AvgIpc) is 3.74. The van der Waals surface area contributed by atoms with E-state index in [9.17, 15) is 29.1 Å². The van der Waals surface area contributed by atoms with Crippen LogP contribution in [0.4, 0.5) is 0 Å². The van der Waals surface area contributed by atoms with Gasteiger partial charge in [0.05, 0.1) is 49.8 Å². The second-order valence-electron chi connectivity index (χ2n) is 18.0. The summed E-state index contributed by atoms with van der Waals surface area (Å²) in [5.74, 6) is -2.61. The van der Waals surface area contributed by atoms with E-state index in [4.69, 9.17) is 14.2 Å². The highest BCUT2D eigenvalue weighted by Gasteiger charge is 2.43. The first kappa shape index (κ1) is 52.0. The highest BCUT2D eigenvalue weighted by Crippen LogP contribution is 2.31. The fourth-order valence-corrected chi connectivity index (χ4v) is 9.16. The number of phenols is 1. The van der Waals surface area contributed by atoms with Gasteiger partial charge in [-0.05, 0) is 73.7 Å². The Morgan fingerprint density at radius 1 is 0.855 bits per heavy atom. The molecule has 0 saturated carbocycles. The van der Waals surface area contributed by atoms with Gasteiger partial charge in [-0.1, -0.05) is 97.4 Å². The summed E-state index contributed by atoms with van der Waals surface area (Å²) < 4.78 is 17.2. The van der Waals surface area contributed by atoms with Gasteiger partial charge in [-0.15, -0.1) is 0 Å². The van der Waals surface area contributed by atoms with Gasteiger partial charge in [-0.2, -0.15) is 0 Å². The third kappa shape index (κ3) is 14.1. The summed E-state index contributed by atoms with van der Waals surface area (Å²) in [6.07, 6.45) is 1.87. The Morgan fingerprint density at radius 2 is 1.50 bits per heavy atom. The standard InChI is InChI=1S/C49H76N4O9/c1-13-33(6)45(52(9)48(58)43(31(2)3)50-47(57)44(32(4)5)51(8)27-25-35-21-23-38(54)24-22-35)41(60-10)30-42(56)53-26-17-20-39(53)46(61-11)34(7)40(55)29-37(49(59)62-12)28-36-18-15-14-16-19-36/h14-16,18-19,21-24,31-34,37,39,41,43-46,54H,13,17,20,25-30H2,1-12H3,(H,50,57)/t33-,34-,37+,39-,41+,43-,44?,45-,46+/m0/s1. The molecule has 1 heterocycles. The minimum atomic E-state index is -0.824. The van der Waals surface area contributed by atoms with Crippen LogP contribution in [0.2, 0.25) is 0 Å². The van der Waals surface area contributed by atoms with Crippen molar-refractivity contribution in [2.24, 2.45) is 29.6 Å². The molecule has 1 aliphatic heterocycles. The van der Waals surface area contributed by atoms with Gasteiger partial charge in [0.15, 0.2) is 0 Å². The molecule has 0 aliphatic carbocycles. The van der Waals surface area contributed by atoms with Crippen LogP contribution < -0.4 is 5.32 Å². The van der Waals surface area contributed by atoms with Crippen molar-refractivity contribution in [3.63, 3.8) is 0 Å². The zero-order chi connectivity index (χ0) is 46.3. The van der Waals surface area contributed by atoms with Crippen molar-refractivity contribution < 1.29 is 43.3 Å². The van der Waals surface area contributed by atoms with Crippen LogP contribution in [-0.2, 0) is 51.0 Å². The summed E-state index contributed by atoms with van der Waals surface area (Å²) >= 11 is 0. The summed E-state index contributed by atoms with van der Waals surface area (Å²) in [6.45, 7) is 14.8. The highest BCUT2D eigenvalue weighted by atomic mass is 16.5. The summed E-state index contributed by atoms with van der Waals surface area (Å²) in [7, 11) is 8.08. The molecule has 3 rings (SSSR count). The van der Waals surface area contributed by atoms with Gasteiger partial charge in [0.2, 0.25) is 17.7 Å². The first-order valence-corrected chi connectivity index (χ1v) is 22.4. The van der Waals surface area contributed by atoms with Gasteiger partial charge in [0.25, 0.3) is 0 Å². The van der Waals surface area contributed by atoms with Crippen LogP contribution in [0.5, 0.6) is 5.75 Å². The highest BCUT2D eigenvalue weighted by molar-refractivity contribution is 5.90. The molecule has 13 heteroatoms. The lowest BCUT2D eigenvalue weighted by molar-refractivity contribution is -0.149. The quantitative estimate of drug-likeness (QED) is 0.115. The Bertz CT molecular complexity index is 1720. The molecular weight excluding hydrogens is 789 g/mol. The number of esters is 1. The lowest BCUT2D eigenvalue weighted by atomic mass is 9.85. The summed E-state index contributed by atoms with van der Waals surface area (Å²) in [6, 6.07) is 14.4. The number of methoxy groups -OCH3 is 3. The maximum absolute atomic E-state index is 14.6. The van der Waals surface area contributed by atoms with E-state index in [2.05, 4.69) is 5.32 Å². The van der Waals surface area contributed by atoms with Crippen molar-refractivity contribution in [1.29, 1.82) is 0 Å². The zero-order valence-electron chi connectivity index (χ0n) is 39.5. The van der Waals surface area contributed by atoms with Gasteiger partial charge in [0, 0.05) is 46.7 Å². The maximum atomic E-state index is 14.6. The van der Waals surface area contributed by atoms with E-state index in [1.165, 1.54) is 7.11 Å². The number of ether oxygens (including phenoxy) is 3. The summed E-state index contributed by atoms with van der Waals surface area (Å²) in [5.41, 5.74) is 1.97. The monoisotopic (exact) mass is 865 g/mol. The molecular formula is C49H76N4O9. The predicted octanol–water partition coefficient (Wildman–Crippen LogP) is 5.94. The van der Waals surface area contributed by atoms with E-state index in [1.807, 2.05) is 96.0 Å². The molecule has 0 radical (unpaired) electrons. The number of nitrogens with one attached hydrogen (secondary N) is 1. The average molecular weight is 865 g/mol. The number of ketones is 1. The number of benzene rings is 2. The number of Topliss-reactive ketones (excluding diaryl/α,β-unsaturated/α-hetero) is 1. The van der Waals surface area contributed by atoms with E-state index in [0.717, 1.165) is 17.5 Å². The van der Waals surface area contributed by atoms with Gasteiger partial charge in [-0.3, -0.25) is 28.9 Å². The first-order valence-electron chi connectivity index (χ1n) is 22.4. The molecule has 9 atom stereocenters. The Kier molecular flexibility index (Phi) is 21.0. The molecule has 1 fully saturated rings. The molecule has 0 aromatic heterocycles. The lowest BCUT2D eigenvalue weighted by Gasteiger charge is -2.41. The van der Waals surface area contributed by atoms with E-state index < -0.39 is 48.1 Å². The summed E-state index contributed by atoms with van der Waals surface area (Å²) in [5, 5.41) is 12.8. The molecule has 2 aromatic rings. The largest absolute Gasteiger partial charge is 0.508 e. The topological polar surface area (TPSA) is 155 Å². The number of carbonyl (C=O) groups is 5. The molecule has 13 nitrogen and oxygen atoms in total. The number of likely N-dealkylation sites (tertiary alicyclic amines) is 1. The van der Waals surface area contributed by atoms with E-state index in [-0.39, 0.29) is 65.9 Å². The Labute approximate surface area is 371 Å². The molecule has 1 unspecified atom stereocenters. The van der Waals surface area contributed by atoms with Crippen LogP contribution in [0.1, 0.15) is 91.7 Å². The third-order valence-electron chi connectivity index (χ3n) is 13.0. The molecule has 1 saturated heterocycles. The molecule has 2 N–H and O–H groups in total. The molecule has 3 amide bonds. The molecule has 0 spiro atoms. The lowest BCUT2D eigenvalue weighted by Crippen LogP contribution is -2.60. The minimum absolute atomic E-state index is 0.000166. The molecule has 62 heavy (non-hydrogen) atoms. The number of likely N-dealkylation sites (N-methyl/N-ethyl adjacent to an activating group) is 2. The van der Waals surface area contributed by atoms with Gasteiger partial charge < -0.3 is 34.4 Å². The number of hydrogen-bond donors (Lipinski definition) is 2. The molecule has 0 bridgehead atoms. The zero-order valence-corrected chi connectivity index (χ0v) is 39.5. The smallest absolute Gasteiger partial charge is 0.309 e. The van der Waals surface area contributed by atoms with Crippen molar-refractivity contribution in [2.75, 3.05) is 48.5 Å². The van der Waals surface area contributed by atoms with Crippen molar-refractivity contribution in [3.05, 3.63) is 65.7 Å². The Morgan fingerprint density at radius 3 is 2.05 bits per heavy atom. The summed E-state index contributed by atoms with van der Waals surface area (Å²) in [4.78, 5) is 75.1. The number of rotatable bonds is 25. The normalized spacial score (nSPS) is 18.1. The number of aromatic hydroxyl groups is 1. The first-order chi connectivity index (χ1) is 29.4. The van der Waals surface area contributed by atoms with E-state index >= 15 is 0 Å². The minimum Gasteiger partial charge on any atom is -0.508 e. The van der Waals surface area contributed by atoms with Crippen molar-refractivity contribution in [1.82, 2.24) is 20.0 Å². The van der Waals surface area contributed by atoms with Crippen LogP contribution in [-0.4, -0.2) is 134 Å². The second kappa shape index (κ2) is 25.1. The van der Waals surface area contributed by atoms with Crippen molar-refractivity contribution in [3.8, 4) is 5.75 Å². The fourth-order valence-electron chi connectivity index (χ4n) is 9.16. The SMILES string of the molecule is CC[C@H](C)[C@@H]([C@@H](CC(=O)N1CCC[C@H]1[C@H](OC)[C@@H](C)C(=O)C[C@@H](Cc1ccccc1)C(=O)OC)OC)N(C)C(=O)[C@@H](NC(=O)C(C(C)C)N(C)CCc1ccc(O)cc1)C(C)C. The predicted molar refractivity (Wildman–Crippen MR) is 241 cm³/mol. The molecule has 2 aromatic carbocycles. The number of hydrogen-bond acceptors (Lipinski definition) is 10. The van der Waals surface area contributed by atoms with Crippen LogP contribution >= 0.6 is 0 Å². The third-order valence-corrected chi connectivity index (χ3v) is 13.0. The van der Waals surface area contributed by atoms with Gasteiger partial charge in [0.1, 0.15) is 17.6 Å². The van der Waals surface area contributed by atoms with E-state index in [1.54, 1.807) is 50.1 Å². The van der Waals surface area contributed by atoms with Crippen LogP contribution in [0.3, 0.4) is 0 Å². The second-order valence-corrected chi connectivity index (χ2v) is 18.0. The number of phenolic OH excluding ortho intramolecular Hbond substituents is 1. The van der Waals surface area contributed by atoms with E-state index in [0.29, 0.717) is 38.8 Å². The number of carbonyl (C=O) groups excluding carboxylic acids is 5. The van der Waals surface area contributed by atoms with Crippen LogP contribution in [0, 0.1) is 29.6 Å². The fraction of sp³-hybridized carbons (Fsp3) is 0.653. The van der Waals surface area contributed by atoms with Crippen LogP contribution in [0.15, 0.2) is 54.6 Å². The van der Waals surface area contributed by atoms with Gasteiger partial charge in [-0.25, -0.2) is 0 Å². The molecule has 346 valence electrons. The van der Waals surface area contributed by atoms with Gasteiger partial charge >= 0.3 is 5.97 Å². The van der Waals surface area contributed by atoms with Crippen molar-refractivity contribution >= 4 is 29.5 Å². The Balaban J connectivity index is 1.77. The van der Waals surface area contributed by atoms with Crippen LogP contribution in [0.25, 0.3) is 0 Å². The molecule has 1 aliphatic rings. The number of amides is 3. The number of nitrogens with zero attached hydrogens (tertiary/aromatic N) is 3. The van der Waals surface area contributed by atoms with Crippen molar-refractivity contribution in [2.45, 2.75) is 130 Å².